The number of amides is 1. The van der Waals surface area contributed by atoms with Crippen LogP contribution in [0.3, 0.4) is 0 Å². The first-order valence-electron chi connectivity index (χ1n) is 5.97. The van der Waals surface area contributed by atoms with Crippen LogP contribution in [0.4, 0.5) is 8.78 Å². The second kappa shape index (κ2) is 6.29. The van der Waals surface area contributed by atoms with Crippen LogP contribution >= 0.6 is 0 Å². The first kappa shape index (κ1) is 14.2. The number of benzene rings is 1. The molecule has 1 amide bonds. The van der Waals surface area contributed by atoms with Crippen LogP contribution in [-0.2, 0) is 11.2 Å². The maximum absolute atomic E-state index is 13.0. The van der Waals surface area contributed by atoms with Gasteiger partial charge in [0.15, 0.2) is 11.6 Å². The number of carbonyl (C=O) groups is 1. The Balaban J connectivity index is 1.99. The van der Waals surface area contributed by atoms with Crippen molar-refractivity contribution in [1.82, 2.24) is 5.32 Å². The summed E-state index contributed by atoms with van der Waals surface area (Å²) in [7, 11) is 0. The van der Waals surface area contributed by atoms with Gasteiger partial charge in [0.05, 0.1) is 19.3 Å². The number of hydrogen-bond donors (Lipinski definition) is 2. The van der Waals surface area contributed by atoms with E-state index in [0.717, 1.165) is 12.1 Å². The third-order valence-corrected chi connectivity index (χ3v) is 2.75. The third kappa shape index (κ3) is 3.42. The van der Waals surface area contributed by atoms with Crippen molar-refractivity contribution < 1.29 is 23.1 Å². The number of aliphatic hydroxyl groups excluding tert-OH is 1. The van der Waals surface area contributed by atoms with Crippen LogP contribution in [0, 0.1) is 11.6 Å². The fourth-order valence-corrected chi connectivity index (χ4v) is 1.78. The van der Waals surface area contributed by atoms with Crippen molar-refractivity contribution in [3.63, 3.8) is 0 Å². The number of rotatable bonds is 5. The van der Waals surface area contributed by atoms with Crippen molar-refractivity contribution in [2.75, 3.05) is 6.61 Å². The predicted molar refractivity (Wildman–Crippen MR) is 66.7 cm³/mol. The maximum Gasteiger partial charge on any atom is 0.225 e. The Morgan fingerprint density at radius 1 is 1.30 bits per heavy atom. The van der Waals surface area contributed by atoms with Gasteiger partial charge in [-0.3, -0.25) is 4.79 Å². The highest BCUT2D eigenvalue weighted by atomic mass is 19.2. The molecule has 2 N–H and O–H groups in total. The van der Waals surface area contributed by atoms with Gasteiger partial charge in [-0.25, -0.2) is 8.78 Å². The molecule has 1 aromatic carbocycles. The van der Waals surface area contributed by atoms with E-state index in [-0.39, 0.29) is 13.0 Å². The lowest BCUT2D eigenvalue weighted by atomic mass is 10.1. The number of halogens is 2. The lowest BCUT2D eigenvalue weighted by Gasteiger charge is -2.13. The summed E-state index contributed by atoms with van der Waals surface area (Å²) in [6.45, 7) is -0.322. The van der Waals surface area contributed by atoms with Gasteiger partial charge in [-0.1, -0.05) is 6.07 Å². The summed E-state index contributed by atoms with van der Waals surface area (Å²) in [5, 5.41) is 11.8. The molecular weight excluding hydrogens is 268 g/mol. The Morgan fingerprint density at radius 2 is 2.10 bits per heavy atom. The Hall–Kier alpha value is -2.21. The molecule has 0 spiro atoms. The third-order valence-electron chi connectivity index (χ3n) is 2.75. The van der Waals surface area contributed by atoms with Crippen LogP contribution in [0.25, 0.3) is 0 Å². The number of hydrogen-bond acceptors (Lipinski definition) is 3. The summed E-state index contributed by atoms with van der Waals surface area (Å²) in [6, 6.07) is 5.86. The molecule has 0 aliphatic rings. The summed E-state index contributed by atoms with van der Waals surface area (Å²) in [5.74, 6) is -1.96. The summed E-state index contributed by atoms with van der Waals surface area (Å²) in [5.41, 5.74) is 0.345. The summed E-state index contributed by atoms with van der Waals surface area (Å²) < 4.78 is 30.9. The largest absolute Gasteiger partial charge is 0.467 e. The smallest absolute Gasteiger partial charge is 0.225 e. The molecule has 1 aromatic heterocycles. The molecule has 1 unspecified atom stereocenters. The first-order valence-corrected chi connectivity index (χ1v) is 5.97. The molecule has 6 heteroatoms. The lowest BCUT2D eigenvalue weighted by molar-refractivity contribution is -0.121. The van der Waals surface area contributed by atoms with Gasteiger partial charge in [0, 0.05) is 0 Å². The van der Waals surface area contributed by atoms with Gasteiger partial charge in [-0.15, -0.1) is 0 Å². The molecule has 0 radical (unpaired) electrons. The zero-order valence-electron chi connectivity index (χ0n) is 10.5. The van der Waals surface area contributed by atoms with E-state index in [0.29, 0.717) is 11.3 Å². The summed E-state index contributed by atoms with van der Waals surface area (Å²) >= 11 is 0. The lowest BCUT2D eigenvalue weighted by Crippen LogP contribution is -2.31. The molecule has 106 valence electrons. The minimum absolute atomic E-state index is 0.117. The van der Waals surface area contributed by atoms with Gasteiger partial charge < -0.3 is 14.8 Å². The highest BCUT2D eigenvalue weighted by molar-refractivity contribution is 5.78. The maximum atomic E-state index is 13.0. The Kier molecular flexibility index (Phi) is 4.47. The Morgan fingerprint density at radius 3 is 2.70 bits per heavy atom. The van der Waals surface area contributed by atoms with Crippen LogP contribution in [-0.4, -0.2) is 17.6 Å². The van der Waals surface area contributed by atoms with Crippen molar-refractivity contribution in [2.45, 2.75) is 12.5 Å². The van der Waals surface area contributed by atoms with E-state index in [1.54, 1.807) is 12.1 Å². The van der Waals surface area contributed by atoms with Gasteiger partial charge in [0.2, 0.25) is 5.91 Å². The van der Waals surface area contributed by atoms with E-state index in [9.17, 15) is 18.7 Å². The SMILES string of the molecule is O=C(Cc1ccc(F)c(F)c1)NC(CO)c1ccco1. The van der Waals surface area contributed by atoms with E-state index >= 15 is 0 Å². The van der Waals surface area contributed by atoms with Crippen LogP contribution in [0.5, 0.6) is 0 Å². The molecule has 0 fully saturated rings. The number of nitrogens with one attached hydrogen (secondary N) is 1. The molecule has 0 aliphatic carbocycles. The highest BCUT2D eigenvalue weighted by Gasteiger charge is 2.16. The Bertz CT molecular complexity index is 584. The zero-order chi connectivity index (χ0) is 14.5. The molecule has 1 atom stereocenters. The van der Waals surface area contributed by atoms with Crippen LogP contribution < -0.4 is 5.32 Å². The van der Waals surface area contributed by atoms with Crippen molar-refractivity contribution in [1.29, 1.82) is 0 Å². The molecule has 2 rings (SSSR count). The van der Waals surface area contributed by atoms with Gasteiger partial charge in [0.1, 0.15) is 11.8 Å². The normalized spacial score (nSPS) is 12.2. The topological polar surface area (TPSA) is 62.5 Å². The van der Waals surface area contributed by atoms with Crippen molar-refractivity contribution in [3.8, 4) is 0 Å². The van der Waals surface area contributed by atoms with E-state index in [4.69, 9.17) is 4.42 Å². The van der Waals surface area contributed by atoms with Crippen LogP contribution in [0.2, 0.25) is 0 Å². The van der Waals surface area contributed by atoms with Gasteiger partial charge >= 0.3 is 0 Å². The number of aliphatic hydroxyl groups is 1. The average Bonchev–Trinajstić information content (AvgIpc) is 2.94. The molecule has 0 aliphatic heterocycles. The standard InChI is InChI=1S/C14H13F2NO3/c15-10-4-3-9(6-11(10)16)7-14(19)17-12(8-18)13-2-1-5-20-13/h1-6,12,18H,7-8H2,(H,17,19). The minimum Gasteiger partial charge on any atom is -0.467 e. The van der Waals surface area contributed by atoms with E-state index < -0.39 is 23.6 Å². The number of carbonyl (C=O) groups excluding carboxylic acids is 1. The summed E-state index contributed by atoms with van der Waals surface area (Å²) in [6.07, 6.45) is 1.31. The molecule has 2 aromatic rings. The van der Waals surface area contributed by atoms with E-state index in [1.807, 2.05) is 0 Å². The van der Waals surface area contributed by atoms with Gasteiger partial charge in [-0.2, -0.15) is 0 Å². The molecule has 1 heterocycles. The van der Waals surface area contributed by atoms with Crippen molar-refractivity contribution in [3.05, 3.63) is 59.6 Å². The van der Waals surface area contributed by atoms with Crippen molar-refractivity contribution in [2.24, 2.45) is 0 Å². The monoisotopic (exact) mass is 281 g/mol. The molecule has 0 saturated carbocycles. The highest BCUT2D eigenvalue weighted by Crippen LogP contribution is 2.14. The van der Waals surface area contributed by atoms with E-state index in [1.165, 1.54) is 12.3 Å². The molecule has 4 nitrogen and oxygen atoms in total. The fraction of sp³-hybridized carbons (Fsp3) is 0.214. The quantitative estimate of drug-likeness (QED) is 0.880. The molecule has 0 saturated heterocycles. The zero-order valence-corrected chi connectivity index (χ0v) is 10.5. The molecule has 20 heavy (non-hydrogen) atoms. The summed E-state index contributed by atoms with van der Waals surface area (Å²) in [4.78, 5) is 11.8. The number of furan rings is 1. The van der Waals surface area contributed by atoms with Crippen LogP contribution in [0.1, 0.15) is 17.4 Å². The van der Waals surface area contributed by atoms with Crippen molar-refractivity contribution >= 4 is 5.91 Å². The molecular formula is C14H13F2NO3. The minimum atomic E-state index is -1.000. The molecule has 0 bridgehead atoms. The van der Waals surface area contributed by atoms with E-state index in [2.05, 4.69) is 5.32 Å². The fourth-order valence-electron chi connectivity index (χ4n) is 1.78. The first-order chi connectivity index (χ1) is 9.60. The second-order valence-electron chi connectivity index (χ2n) is 4.24. The Labute approximate surface area is 114 Å². The van der Waals surface area contributed by atoms with Gasteiger partial charge in [-0.05, 0) is 29.8 Å². The van der Waals surface area contributed by atoms with Gasteiger partial charge in [0.25, 0.3) is 0 Å². The second-order valence-corrected chi connectivity index (χ2v) is 4.24. The predicted octanol–water partition coefficient (Wildman–Crippen LogP) is 1.95. The average molecular weight is 281 g/mol. The van der Waals surface area contributed by atoms with Crippen LogP contribution in [0.15, 0.2) is 41.0 Å².